The van der Waals surface area contributed by atoms with Gasteiger partial charge in [-0.25, -0.2) is 0 Å². The van der Waals surface area contributed by atoms with Crippen LogP contribution >= 0.6 is 11.6 Å². The number of carboxylic acid groups (broad SMARTS) is 1. The highest BCUT2D eigenvalue weighted by atomic mass is 35.5. The van der Waals surface area contributed by atoms with Gasteiger partial charge < -0.3 is 19.5 Å². The lowest BCUT2D eigenvalue weighted by Crippen LogP contribution is -2.47. The van der Waals surface area contributed by atoms with Crippen molar-refractivity contribution in [2.75, 3.05) is 26.3 Å². The van der Waals surface area contributed by atoms with Gasteiger partial charge in [-0.05, 0) is 30.7 Å². The van der Waals surface area contributed by atoms with E-state index in [1.807, 2.05) is 6.92 Å². The van der Waals surface area contributed by atoms with Crippen LogP contribution in [0, 0.1) is 6.92 Å². The van der Waals surface area contributed by atoms with Crippen LogP contribution in [0.3, 0.4) is 0 Å². The number of halogens is 1. The number of aryl methyl sites for hydroxylation is 1. The molecular weight excluding hydrogens is 310 g/mol. The van der Waals surface area contributed by atoms with Crippen LogP contribution in [0.5, 0.6) is 5.75 Å². The van der Waals surface area contributed by atoms with E-state index in [9.17, 15) is 9.59 Å². The van der Waals surface area contributed by atoms with Gasteiger partial charge in [0.25, 0.3) is 5.91 Å². The first-order chi connectivity index (χ1) is 10.5. The van der Waals surface area contributed by atoms with E-state index in [1.165, 1.54) is 0 Å². The molecule has 6 nitrogen and oxygen atoms in total. The molecule has 1 N–H and O–H groups in total. The Bertz CT molecular complexity index is 563. The van der Waals surface area contributed by atoms with Crippen molar-refractivity contribution in [1.29, 1.82) is 0 Å². The molecule has 1 atom stereocenters. The minimum atomic E-state index is -0.938. The summed E-state index contributed by atoms with van der Waals surface area (Å²) in [6.07, 6.45) is -0.575. The third-order valence-electron chi connectivity index (χ3n) is 3.39. The van der Waals surface area contributed by atoms with Crippen molar-refractivity contribution in [3.63, 3.8) is 0 Å². The predicted octanol–water partition coefficient (Wildman–Crippen LogP) is 1.73. The number of aliphatic carboxylic acids is 1. The number of morpholine rings is 1. The smallest absolute Gasteiger partial charge is 0.306 e. The molecule has 1 unspecified atom stereocenters. The molecule has 7 heteroatoms. The monoisotopic (exact) mass is 327 g/mol. The van der Waals surface area contributed by atoms with E-state index in [0.717, 1.165) is 5.56 Å². The second-order valence-electron chi connectivity index (χ2n) is 5.13. The van der Waals surface area contributed by atoms with E-state index in [4.69, 9.17) is 26.2 Å². The molecule has 1 aromatic carbocycles. The van der Waals surface area contributed by atoms with Crippen LogP contribution in [0.4, 0.5) is 0 Å². The summed E-state index contributed by atoms with van der Waals surface area (Å²) in [6, 6.07) is 5.19. The van der Waals surface area contributed by atoms with Gasteiger partial charge in [0.2, 0.25) is 0 Å². The van der Waals surface area contributed by atoms with Crippen molar-refractivity contribution in [3.8, 4) is 5.75 Å². The largest absolute Gasteiger partial charge is 0.484 e. The number of nitrogens with zero attached hydrogens (tertiary/aromatic N) is 1. The quantitative estimate of drug-likeness (QED) is 0.891. The zero-order valence-electron chi connectivity index (χ0n) is 12.3. The van der Waals surface area contributed by atoms with E-state index < -0.39 is 12.1 Å². The predicted molar refractivity (Wildman–Crippen MR) is 80.3 cm³/mol. The Kier molecular flexibility index (Phi) is 5.63. The Morgan fingerprint density at radius 2 is 2.27 bits per heavy atom. The lowest BCUT2D eigenvalue weighted by Gasteiger charge is -2.32. The second kappa shape index (κ2) is 7.47. The fraction of sp³-hybridized carbons (Fsp3) is 0.467. The minimum Gasteiger partial charge on any atom is -0.484 e. The first kappa shape index (κ1) is 16.6. The number of ether oxygens (including phenoxy) is 2. The molecule has 1 saturated heterocycles. The van der Waals surface area contributed by atoms with Crippen molar-refractivity contribution in [3.05, 3.63) is 28.8 Å². The topological polar surface area (TPSA) is 76.1 Å². The second-order valence-corrected chi connectivity index (χ2v) is 5.54. The van der Waals surface area contributed by atoms with Gasteiger partial charge in [0.05, 0.1) is 19.1 Å². The maximum Gasteiger partial charge on any atom is 0.306 e. The molecule has 0 aliphatic carbocycles. The Balaban J connectivity index is 1.86. The number of hydrogen-bond donors (Lipinski definition) is 1. The third kappa shape index (κ3) is 4.61. The van der Waals surface area contributed by atoms with Gasteiger partial charge in [-0.1, -0.05) is 11.6 Å². The van der Waals surface area contributed by atoms with Crippen molar-refractivity contribution in [2.24, 2.45) is 0 Å². The average Bonchev–Trinajstić information content (AvgIpc) is 2.48. The SMILES string of the molecule is Cc1cc(OCC(=O)N2CCOC(CC(=O)O)C2)ccc1Cl. The van der Waals surface area contributed by atoms with Crippen LogP contribution in [0.2, 0.25) is 5.02 Å². The molecule has 1 amide bonds. The maximum atomic E-state index is 12.1. The van der Waals surface area contributed by atoms with Gasteiger partial charge in [0.1, 0.15) is 5.75 Å². The van der Waals surface area contributed by atoms with Crippen molar-refractivity contribution in [1.82, 2.24) is 4.90 Å². The van der Waals surface area contributed by atoms with Crippen LogP contribution in [-0.2, 0) is 14.3 Å². The molecule has 0 saturated carbocycles. The van der Waals surface area contributed by atoms with Crippen LogP contribution in [0.25, 0.3) is 0 Å². The summed E-state index contributed by atoms with van der Waals surface area (Å²) in [5.41, 5.74) is 0.875. The highest BCUT2D eigenvalue weighted by Crippen LogP contribution is 2.21. The van der Waals surface area contributed by atoms with Gasteiger partial charge in [0, 0.05) is 18.1 Å². The number of amides is 1. The molecule has 1 fully saturated rings. The molecule has 1 aliphatic rings. The van der Waals surface area contributed by atoms with Gasteiger partial charge in [-0.2, -0.15) is 0 Å². The molecule has 2 rings (SSSR count). The van der Waals surface area contributed by atoms with Crippen molar-refractivity contribution in [2.45, 2.75) is 19.4 Å². The first-order valence-electron chi connectivity index (χ1n) is 6.96. The van der Waals surface area contributed by atoms with E-state index in [-0.39, 0.29) is 25.5 Å². The summed E-state index contributed by atoms with van der Waals surface area (Å²) in [6.45, 7) is 2.81. The maximum absolute atomic E-state index is 12.1. The van der Waals surface area contributed by atoms with E-state index in [2.05, 4.69) is 0 Å². The molecule has 1 heterocycles. The zero-order chi connectivity index (χ0) is 16.1. The minimum absolute atomic E-state index is 0.0964. The Morgan fingerprint density at radius 1 is 1.50 bits per heavy atom. The lowest BCUT2D eigenvalue weighted by atomic mass is 10.2. The molecule has 22 heavy (non-hydrogen) atoms. The van der Waals surface area contributed by atoms with E-state index in [1.54, 1.807) is 23.1 Å². The van der Waals surface area contributed by atoms with E-state index in [0.29, 0.717) is 23.9 Å². The highest BCUT2D eigenvalue weighted by Gasteiger charge is 2.26. The molecule has 120 valence electrons. The molecule has 0 aromatic heterocycles. The zero-order valence-corrected chi connectivity index (χ0v) is 13.0. The number of carbonyl (C=O) groups excluding carboxylic acids is 1. The first-order valence-corrected chi connectivity index (χ1v) is 7.33. The third-order valence-corrected chi connectivity index (χ3v) is 3.81. The molecule has 0 spiro atoms. The summed E-state index contributed by atoms with van der Waals surface area (Å²) in [5, 5.41) is 9.41. The van der Waals surface area contributed by atoms with Crippen LogP contribution in [0.15, 0.2) is 18.2 Å². The van der Waals surface area contributed by atoms with Crippen LogP contribution < -0.4 is 4.74 Å². The number of carbonyl (C=O) groups is 2. The van der Waals surface area contributed by atoms with Gasteiger partial charge >= 0.3 is 5.97 Å². The molecule has 1 aliphatic heterocycles. The normalized spacial score (nSPS) is 18.1. The Labute approximate surface area is 133 Å². The van der Waals surface area contributed by atoms with Crippen LogP contribution in [-0.4, -0.2) is 54.3 Å². The summed E-state index contributed by atoms with van der Waals surface area (Å²) >= 11 is 5.93. The standard InChI is InChI=1S/C15H18ClNO5/c1-10-6-11(2-3-13(10)16)22-9-14(18)17-4-5-21-12(8-17)7-15(19)20/h2-3,6,12H,4-5,7-9H2,1H3,(H,19,20). The number of hydrogen-bond acceptors (Lipinski definition) is 4. The number of carboxylic acids is 1. The van der Waals surface area contributed by atoms with Gasteiger partial charge in [0.15, 0.2) is 6.61 Å². The summed E-state index contributed by atoms with van der Waals surface area (Å²) in [4.78, 5) is 24.4. The summed E-state index contributed by atoms with van der Waals surface area (Å²) in [5.74, 6) is -0.552. The molecule has 1 aromatic rings. The molecule has 0 bridgehead atoms. The summed E-state index contributed by atoms with van der Waals surface area (Å²) < 4.78 is 10.8. The van der Waals surface area contributed by atoms with Gasteiger partial charge in [-0.15, -0.1) is 0 Å². The fourth-order valence-electron chi connectivity index (χ4n) is 2.21. The number of benzene rings is 1. The molecular formula is C15H18ClNO5. The van der Waals surface area contributed by atoms with Crippen molar-refractivity contribution < 1.29 is 24.2 Å². The Morgan fingerprint density at radius 3 is 2.95 bits per heavy atom. The lowest BCUT2D eigenvalue weighted by molar-refractivity contribution is -0.148. The van der Waals surface area contributed by atoms with Crippen molar-refractivity contribution >= 4 is 23.5 Å². The number of rotatable bonds is 5. The highest BCUT2D eigenvalue weighted by molar-refractivity contribution is 6.31. The average molecular weight is 328 g/mol. The Hall–Kier alpha value is -1.79. The fourth-order valence-corrected chi connectivity index (χ4v) is 2.32. The molecule has 0 radical (unpaired) electrons. The summed E-state index contributed by atoms with van der Waals surface area (Å²) in [7, 11) is 0. The van der Waals surface area contributed by atoms with E-state index >= 15 is 0 Å². The van der Waals surface area contributed by atoms with Crippen LogP contribution in [0.1, 0.15) is 12.0 Å². The van der Waals surface area contributed by atoms with Gasteiger partial charge in [-0.3, -0.25) is 9.59 Å².